The van der Waals surface area contributed by atoms with Crippen LogP contribution in [0.25, 0.3) is 0 Å². The van der Waals surface area contributed by atoms with Crippen molar-refractivity contribution in [3.63, 3.8) is 0 Å². The van der Waals surface area contributed by atoms with E-state index < -0.39 is 35.9 Å². The van der Waals surface area contributed by atoms with Crippen LogP contribution in [0.3, 0.4) is 0 Å². The third-order valence-corrected chi connectivity index (χ3v) is 2.92. The molecule has 0 atom stereocenters. The Morgan fingerprint density at radius 3 is 2.04 bits per heavy atom. The quantitative estimate of drug-likeness (QED) is 0.629. The van der Waals surface area contributed by atoms with Gasteiger partial charge in [-0.25, -0.2) is 4.39 Å². The molecule has 0 aliphatic heterocycles. The van der Waals surface area contributed by atoms with Crippen molar-refractivity contribution in [3.8, 4) is 0 Å². The molecule has 0 saturated carbocycles. The van der Waals surface area contributed by atoms with Gasteiger partial charge in [-0.3, -0.25) is 4.79 Å². The van der Waals surface area contributed by atoms with Gasteiger partial charge in [-0.05, 0) is 24.6 Å². The highest BCUT2D eigenvalue weighted by Gasteiger charge is 2.72. The molecule has 0 heterocycles. The molecule has 128 valence electrons. The Morgan fingerprint density at radius 1 is 1.09 bits per heavy atom. The zero-order valence-electron chi connectivity index (χ0n) is 11.8. The van der Waals surface area contributed by atoms with Crippen LogP contribution in [0.4, 0.5) is 36.4 Å². The van der Waals surface area contributed by atoms with Crippen molar-refractivity contribution >= 4 is 11.6 Å². The van der Waals surface area contributed by atoms with Crippen molar-refractivity contribution in [2.75, 3.05) is 5.32 Å². The van der Waals surface area contributed by atoms with Gasteiger partial charge in [-0.1, -0.05) is 18.7 Å². The smallest absolute Gasteiger partial charge is 0.322 e. The number of benzene rings is 1. The first-order valence-electron chi connectivity index (χ1n) is 6.16. The molecule has 9 heteroatoms. The average molecular weight is 343 g/mol. The van der Waals surface area contributed by atoms with E-state index in [4.69, 9.17) is 0 Å². The van der Waals surface area contributed by atoms with Crippen LogP contribution in [-0.4, -0.2) is 23.9 Å². The SMILES string of the molecule is C=C(C)C(=O)Nc1cccc(CC(F)(C(F)(F)F)C(F)(F)F)c1. The molecule has 0 unspecified atom stereocenters. The zero-order valence-corrected chi connectivity index (χ0v) is 11.8. The highest BCUT2D eigenvalue weighted by atomic mass is 19.4. The summed E-state index contributed by atoms with van der Waals surface area (Å²) in [6.07, 6.45) is -14.2. The average Bonchev–Trinajstić information content (AvgIpc) is 2.36. The lowest BCUT2D eigenvalue weighted by Crippen LogP contribution is -2.54. The van der Waals surface area contributed by atoms with Crippen LogP contribution in [-0.2, 0) is 11.2 Å². The fourth-order valence-corrected chi connectivity index (χ4v) is 1.64. The molecule has 0 fully saturated rings. The van der Waals surface area contributed by atoms with Gasteiger partial charge in [0.1, 0.15) is 0 Å². The molecule has 1 N–H and O–H groups in total. The van der Waals surface area contributed by atoms with E-state index in [0.717, 1.165) is 18.2 Å². The second-order valence-electron chi connectivity index (χ2n) is 4.91. The van der Waals surface area contributed by atoms with Gasteiger partial charge in [-0.2, -0.15) is 26.3 Å². The number of anilines is 1. The highest BCUT2D eigenvalue weighted by molar-refractivity contribution is 6.02. The highest BCUT2D eigenvalue weighted by Crippen LogP contribution is 2.48. The monoisotopic (exact) mass is 343 g/mol. The Morgan fingerprint density at radius 2 is 1.61 bits per heavy atom. The fourth-order valence-electron chi connectivity index (χ4n) is 1.64. The summed E-state index contributed by atoms with van der Waals surface area (Å²) in [5.74, 6) is -0.666. The van der Waals surface area contributed by atoms with Gasteiger partial charge in [0.15, 0.2) is 0 Å². The number of carbonyl (C=O) groups is 1. The van der Waals surface area contributed by atoms with Gasteiger partial charge in [0.2, 0.25) is 0 Å². The maximum absolute atomic E-state index is 13.7. The number of carbonyl (C=O) groups excluding carboxylic acids is 1. The Kier molecular flexibility index (Phi) is 5.13. The first-order chi connectivity index (χ1) is 10.3. The van der Waals surface area contributed by atoms with Crippen molar-refractivity contribution in [1.82, 2.24) is 0 Å². The van der Waals surface area contributed by atoms with Crippen molar-refractivity contribution in [2.24, 2.45) is 0 Å². The van der Waals surface area contributed by atoms with E-state index in [9.17, 15) is 35.5 Å². The molecular formula is C14H12F7NO. The van der Waals surface area contributed by atoms with E-state index in [2.05, 4.69) is 11.9 Å². The number of rotatable bonds is 4. The van der Waals surface area contributed by atoms with Gasteiger partial charge < -0.3 is 5.32 Å². The number of halogens is 7. The van der Waals surface area contributed by atoms with E-state index in [-0.39, 0.29) is 11.3 Å². The molecule has 0 aromatic heterocycles. The second kappa shape index (κ2) is 6.21. The largest absolute Gasteiger partial charge is 0.431 e. The number of amides is 1. The fraction of sp³-hybridized carbons (Fsp3) is 0.357. The predicted molar refractivity (Wildman–Crippen MR) is 69.5 cm³/mol. The minimum atomic E-state index is -6.12. The molecule has 0 bridgehead atoms. The summed E-state index contributed by atoms with van der Waals surface area (Å²) in [5, 5.41) is 2.22. The molecule has 1 aromatic carbocycles. The van der Waals surface area contributed by atoms with E-state index in [1.807, 2.05) is 0 Å². The zero-order chi connectivity index (χ0) is 18.1. The third kappa shape index (κ3) is 4.23. The molecule has 0 spiro atoms. The summed E-state index contributed by atoms with van der Waals surface area (Å²) in [7, 11) is 0. The predicted octanol–water partition coefficient (Wildman–Crippen LogP) is 4.58. The third-order valence-electron chi connectivity index (χ3n) is 2.92. The molecule has 1 rings (SSSR count). The molecular weight excluding hydrogens is 331 g/mol. The van der Waals surface area contributed by atoms with Crippen molar-refractivity contribution in [1.29, 1.82) is 0 Å². The lowest BCUT2D eigenvalue weighted by atomic mass is 9.94. The summed E-state index contributed by atoms with van der Waals surface area (Å²) in [5.41, 5.74) is -5.93. The van der Waals surface area contributed by atoms with Gasteiger partial charge in [-0.15, -0.1) is 0 Å². The lowest BCUT2D eigenvalue weighted by molar-refractivity contribution is -0.340. The van der Waals surface area contributed by atoms with Gasteiger partial charge in [0.25, 0.3) is 5.91 Å². The van der Waals surface area contributed by atoms with Crippen LogP contribution in [0, 0.1) is 0 Å². The maximum Gasteiger partial charge on any atom is 0.431 e. The minimum absolute atomic E-state index is 0.0674. The minimum Gasteiger partial charge on any atom is -0.322 e. The number of hydrogen-bond acceptors (Lipinski definition) is 1. The second-order valence-corrected chi connectivity index (χ2v) is 4.91. The van der Waals surface area contributed by atoms with Crippen LogP contribution in [0.2, 0.25) is 0 Å². The summed E-state index contributed by atoms with van der Waals surface area (Å²) >= 11 is 0. The van der Waals surface area contributed by atoms with Crippen LogP contribution in [0.15, 0.2) is 36.4 Å². The molecule has 23 heavy (non-hydrogen) atoms. The molecule has 2 nitrogen and oxygen atoms in total. The lowest BCUT2D eigenvalue weighted by Gasteiger charge is -2.30. The Bertz CT molecular complexity index is 590. The number of alkyl halides is 7. The molecule has 1 aromatic rings. The van der Waals surface area contributed by atoms with Crippen LogP contribution >= 0.6 is 0 Å². The van der Waals surface area contributed by atoms with E-state index in [0.29, 0.717) is 0 Å². The van der Waals surface area contributed by atoms with Gasteiger partial charge in [0.05, 0.1) is 0 Å². The number of hydrogen-bond donors (Lipinski definition) is 1. The summed E-state index contributed by atoms with van der Waals surface area (Å²) in [6, 6.07) is 4.09. The molecule has 0 saturated heterocycles. The summed E-state index contributed by atoms with van der Waals surface area (Å²) in [4.78, 5) is 11.4. The van der Waals surface area contributed by atoms with Gasteiger partial charge >= 0.3 is 18.0 Å². The standard InChI is InChI=1S/C14H12F7NO/c1-8(2)11(23)22-10-5-3-4-9(6-10)7-12(15,13(16,17)18)14(19,20)21/h3-6H,1,7H2,2H3,(H,22,23). The van der Waals surface area contributed by atoms with E-state index in [1.165, 1.54) is 13.0 Å². The first kappa shape index (κ1) is 19.0. The van der Waals surface area contributed by atoms with Gasteiger partial charge in [0, 0.05) is 17.7 Å². The van der Waals surface area contributed by atoms with Crippen molar-refractivity contribution in [2.45, 2.75) is 31.4 Å². The Labute approximate surface area is 127 Å². The Hall–Kier alpha value is -2.06. The first-order valence-corrected chi connectivity index (χ1v) is 6.16. The van der Waals surface area contributed by atoms with E-state index >= 15 is 0 Å². The molecule has 0 aliphatic carbocycles. The molecule has 0 aliphatic rings. The molecule has 1 amide bonds. The molecule has 0 radical (unpaired) electrons. The van der Waals surface area contributed by atoms with Crippen LogP contribution < -0.4 is 5.32 Å². The number of nitrogens with one attached hydrogen (secondary N) is 1. The maximum atomic E-state index is 13.7. The van der Waals surface area contributed by atoms with Crippen LogP contribution in [0.5, 0.6) is 0 Å². The topological polar surface area (TPSA) is 29.1 Å². The van der Waals surface area contributed by atoms with Crippen LogP contribution in [0.1, 0.15) is 12.5 Å². The normalized spacial score (nSPS) is 12.9. The van der Waals surface area contributed by atoms with Crippen molar-refractivity contribution in [3.05, 3.63) is 42.0 Å². The summed E-state index contributed by atoms with van der Waals surface area (Å²) < 4.78 is 88.8. The summed E-state index contributed by atoms with van der Waals surface area (Å²) in [6.45, 7) is 4.69. The Balaban J connectivity index is 3.12. The van der Waals surface area contributed by atoms with E-state index in [1.54, 1.807) is 0 Å². The van der Waals surface area contributed by atoms with Crippen molar-refractivity contribution < 1.29 is 35.5 Å².